The topological polar surface area (TPSA) is 112 Å². The minimum Gasteiger partial charge on any atom is -0.494 e. The predicted octanol–water partition coefficient (Wildman–Crippen LogP) is 5.58. The van der Waals surface area contributed by atoms with Gasteiger partial charge in [0.1, 0.15) is 17.6 Å². The summed E-state index contributed by atoms with van der Waals surface area (Å²) < 4.78 is 19.8. The molecule has 2 aromatic carbocycles. The molecule has 1 aliphatic rings. The molecule has 0 aliphatic carbocycles. The summed E-state index contributed by atoms with van der Waals surface area (Å²) in [5.41, 5.74) is 5.07. The number of rotatable bonds is 13. The lowest BCUT2D eigenvalue weighted by molar-refractivity contribution is -0.111. The fourth-order valence-corrected chi connectivity index (χ4v) is 5.37. The quantitative estimate of drug-likeness (QED) is 0.173. The Morgan fingerprint density at radius 3 is 2.88 bits per heavy atom. The van der Waals surface area contributed by atoms with Crippen LogP contribution in [0.5, 0.6) is 11.5 Å². The zero-order valence-electron chi connectivity index (χ0n) is 24.0. The normalized spacial score (nSPS) is 13.0. The number of nitrogens with zero attached hydrogens (tertiary/aromatic N) is 3. The minimum atomic E-state index is -0.385. The lowest BCUT2D eigenvalue weighted by Gasteiger charge is -2.22. The van der Waals surface area contributed by atoms with E-state index in [1.165, 1.54) is 17.2 Å². The van der Waals surface area contributed by atoms with Crippen LogP contribution in [-0.2, 0) is 22.5 Å². The number of likely N-dealkylation sites (N-methyl/N-ethyl adjacent to an activating group) is 1. The maximum absolute atomic E-state index is 12.3. The predicted molar refractivity (Wildman–Crippen MR) is 166 cm³/mol. The van der Waals surface area contributed by atoms with E-state index < -0.39 is 0 Å². The number of amides is 1. The van der Waals surface area contributed by atoms with Crippen molar-refractivity contribution >= 4 is 45.7 Å². The van der Waals surface area contributed by atoms with Gasteiger partial charge in [-0.05, 0) is 44.5 Å². The molecule has 1 atom stereocenters. The molecule has 4 aromatic rings. The number of hydrogen-bond donors (Lipinski definition) is 3. The number of para-hydroxylation sites is 1. The standard InChI is InChI=1S/C31H35ClN6O4/c1-5-28(39)35-25-13-24(26(40-4)14-27(25)42-20(15-33-3)18-41-6-2)36-31-34-16-23(32)29(37-31)22-17-38-12-8-10-19-9-7-11-21(22)30(19)38/h5,7,9,11,13-14,16-17,20,33H,1,6,8,10,12,15,18H2,2-4H3,(H,35,39)(H,34,36,37). The summed E-state index contributed by atoms with van der Waals surface area (Å²) in [6.45, 7) is 7.90. The van der Waals surface area contributed by atoms with Crippen LogP contribution in [0.1, 0.15) is 18.9 Å². The maximum atomic E-state index is 12.3. The van der Waals surface area contributed by atoms with E-state index in [1.54, 1.807) is 25.4 Å². The van der Waals surface area contributed by atoms with Crippen LogP contribution >= 0.6 is 11.6 Å². The van der Waals surface area contributed by atoms with Crippen LogP contribution in [0.25, 0.3) is 22.2 Å². The summed E-state index contributed by atoms with van der Waals surface area (Å²) in [5, 5.41) is 10.7. The Morgan fingerprint density at radius 1 is 1.26 bits per heavy atom. The number of ether oxygens (including phenoxy) is 3. The van der Waals surface area contributed by atoms with Crippen molar-refractivity contribution < 1.29 is 19.0 Å². The molecule has 0 saturated carbocycles. The van der Waals surface area contributed by atoms with E-state index in [4.69, 9.17) is 30.8 Å². The third-order valence-electron chi connectivity index (χ3n) is 7.05. The first-order valence-corrected chi connectivity index (χ1v) is 14.3. The van der Waals surface area contributed by atoms with E-state index in [-0.39, 0.29) is 12.0 Å². The van der Waals surface area contributed by atoms with Gasteiger partial charge in [0.25, 0.3) is 0 Å². The molecule has 220 valence electrons. The Kier molecular flexibility index (Phi) is 9.26. The van der Waals surface area contributed by atoms with Crippen LogP contribution in [0.4, 0.5) is 17.3 Å². The molecule has 0 radical (unpaired) electrons. The Morgan fingerprint density at radius 2 is 2.12 bits per heavy atom. The molecule has 0 fully saturated rings. The number of carbonyl (C=O) groups excluding carboxylic acids is 1. The van der Waals surface area contributed by atoms with E-state index in [1.807, 2.05) is 14.0 Å². The van der Waals surface area contributed by atoms with Crippen molar-refractivity contribution in [2.45, 2.75) is 32.4 Å². The number of aryl methyl sites for hydroxylation is 2. The number of hydrogen-bond acceptors (Lipinski definition) is 8. The Bertz CT molecular complexity index is 1600. The summed E-state index contributed by atoms with van der Waals surface area (Å²) in [6.07, 6.45) is 6.73. The van der Waals surface area contributed by atoms with Gasteiger partial charge in [-0.25, -0.2) is 9.97 Å². The third-order valence-corrected chi connectivity index (χ3v) is 7.33. The molecule has 1 amide bonds. The number of halogens is 1. The van der Waals surface area contributed by atoms with Gasteiger partial charge >= 0.3 is 0 Å². The van der Waals surface area contributed by atoms with E-state index in [2.05, 4.69) is 56.5 Å². The Hall–Kier alpha value is -4.12. The lowest BCUT2D eigenvalue weighted by atomic mass is 10.0. The van der Waals surface area contributed by atoms with Crippen molar-refractivity contribution in [2.75, 3.05) is 44.5 Å². The van der Waals surface area contributed by atoms with Gasteiger partial charge in [-0.2, -0.15) is 0 Å². The summed E-state index contributed by atoms with van der Waals surface area (Å²) in [7, 11) is 3.39. The van der Waals surface area contributed by atoms with Gasteiger partial charge < -0.3 is 34.7 Å². The van der Waals surface area contributed by atoms with Gasteiger partial charge in [0.15, 0.2) is 0 Å². The van der Waals surface area contributed by atoms with Crippen LogP contribution in [0, 0.1) is 0 Å². The van der Waals surface area contributed by atoms with Crippen molar-refractivity contribution in [3.8, 4) is 22.8 Å². The van der Waals surface area contributed by atoms with Crippen LogP contribution in [-0.4, -0.2) is 60.5 Å². The molecule has 42 heavy (non-hydrogen) atoms. The van der Waals surface area contributed by atoms with Crippen molar-refractivity contribution in [1.29, 1.82) is 0 Å². The fourth-order valence-electron chi connectivity index (χ4n) is 5.18. The molecular weight excluding hydrogens is 556 g/mol. The number of nitrogens with one attached hydrogen (secondary N) is 3. The smallest absolute Gasteiger partial charge is 0.247 e. The van der Waals surface area contributed by atoms with Gasteiger partial charge in [-0.1, -0.05) is 36.4 Å². The highest BCUT2D eigenvalue weighted by Gasteiger charge is 2.21. The number of aromatic nitrogens is 3. The molecule has 1 aliphatic heterocycles. The van der Waals surface area contributed by atoms with Crippen LogP contribution in [0.15, 0.2) is 55.4 Å². The summed E-state index contributed by atoms with van der Waals surface area (Å²) in [5.74, 6) is 0.815. The molecule has 3 heterocycles. The zero-order chi connectivity index (χ0) is 29.6. The molecule has 2 aromatic heterocycles. The Labute approximate surface area is 250 Å². The van der Waals surface area contributed by atoms with Crippen molar-refractivity contribution in [3.05, 3.63) is 66.0 Å². The number of benzene rings is 2. The second-order valence-corrected chi connectivity index (χ2v) is 10.3. The highest BCUT2D eigenvalue weighted by molar-refractivity contribution is 6.33. The van der Waals surface area contributed by atoms with Crippen LogP contribution in [0.2, 0.25) is 5.02 Å². The second kappa shape index (κ2) is 13.2. The highest BCUT2D eigenvalue weighted by atomic mass is 35.5. The molecular formula is C31H35ClN6O4. The fraction of sp³-hybridized carbons (Fsp3) is 0.323. The zero-order valence-corrected chi connectivity index (χ0v) is 24.8. The largest absolute Gasteiger partial charge is 0.494 e. The van der Waals surface area contributed by atoms with E-state index in [0.29, 0.717) is 59.3 Å². The molecule has 1 unspecified atom stereocenters. The number of anilines is 3. The monoisotopic (exact) mass is 590 g/mol. The van der Waals surface area contributed by atoms with Crippen LogP contribution in [0.3, 0.4) is 0 Å². The lowest BCUT2D eigenvalue weighted by Crippen LogP contribution is -2.33. The SMILES string of the molecule is C=CC(=O)Nc1cc(Nc2ncc(Cl)c(-c3cn4c5c(cccc35)CCC4)n2)c(OC)cc1OC(CNC)COCC. The minimum absolute atomic E-state index is 0.307. The summed E-state index contributed by atoms with van der Waals surface area (Å²) >= 11 is 6.65. The van der Waals surface area contributed by atoms with E-state index >= 15 is 0 Å². The molecule has 0 bridgehead atoms. The van der Waals surface area contributed by atoms with Crippen molar-refractivity contribution in [1.82, 2.24) is 19.9 Å². The third kappa shape index (κ3) is 6.20. The molecule has 3 N–H and O–H groups in total. The van der Waals surface area contributed by atoms with Gasteiger partial charge in [-0.15, -0.1) is 0 Å². The summed E-state index contributed by atoms with van der Waals surface area (Å²) in [6, 6.07) is 9.78. The molecule has 10 nitrogen and oxygen atoms in total. The number of methoxy groups -OCH3 is 1. The highest BCUT2D eigenvalue weighted by Crippen LogP contribution is 2.40. The second-order valence-electron chi connectivity index (χ2n) is 9.87. The first kappa shape index (κ1) is 29.4. The van der Waals surface area contributed by atoms with Gasteiger partial charge in [0.05, 0.1) is 47.5 Å². The van der Waals surface area contributed by atoms with Gasteiger partial charge in [-0.3, -0.25) is 4.79 Å². The average molecular weight is 591 g/mol. The average Bonchev–Trinajstić information content (AvgIpc) is 3.38. The molecule has 0 spiro atoms. The Balaban J connectivity index is 1.51. The first-order chi connectivity index (χ1) is 20.4. The van der Waals surface area contributed by atoms with Gasteiger partial charge in [0.2, 0.25) is 11.9 Å². The molecule has 0 saturated heterocycles. The van der Waals surface area contributed by atoms with Crippen molar-refractivity contribution in [2.24, 2.45) is 0 Å². The van der Waals surface area contributed by atoms with E-state index in [0.717, 1.165) is 30.3 Å². The van der Waals surface area contributed by atoms with Crippen molar-refractivity contribution in [3.63, 3.8) is 0 Å². The summed E-state index contributed by atoms with van der Waals surface area (Å²) in [4.78, 5) is 21.6. The first-order valence-electron chi connectivity index (χ1n) is 13.9. The number of carbonyl (C=O) groups is 1. The van der Waals surface area contributed by atoms with Gasteiger partial charge in [0, 0.05) is 42.9 Å². The van der Waals surface area contributed by atoms with Crippen LogP contribution < -0.4 is 25.4 Å². The maximum Gasteiger partial charge on any atom is 0.247 e. The molecule has 11 heteroatoms. The molecule has 5 rings (SSSR count). The van der Waals surface area contributed by atoms with E-state index in [9.17, 15) is 4.79 Å².